The van der Waals surface area contributed by atoms with Crippen molar-refractivity contribution in [3.8, 4) is 0 Å². The zero-order valence-corrected chi connectivity index (χ0v) is 13.8. The summed E-state index contributed by atoms with van der Waals surface area (Å²) in [7, 11) is 0. The van der Waals surface area contributed by atoms with Gasteiger partial charge in [0, 0.05) is 17.5 Å². The predicted molar refractivity (Wildman–Crippen MR) is 86.3 cm³/mol. The normalized spacial score (nSPS) is 21.9. The lowest BCUT2D eigenvalue weighted by Crippen LogP contribution is -2.39. The van der Waals surface area contributed by atoms with E-state index in [1.165, 1.54) is 24.1 Å². The van der Waals surface area contributed by atoms with E-state index in [9.17, 15) is 0 Å². The second kappa shape index (κ2) is 7.07. The molecule has 0 saturated heterocycles. The number of aryl methyl sites for hydroxylation is 2. The molecule has 0 aromatic carbocycles. The van der Waals surface area contributed by atoms with Gasteiger partial charge in [0.1, 0.15) is 5.01 Å². The van der Waals surface area contributed by atoms with Crippen molar-refractivity contribution in [3.63, 3.8) is 0 Å². The molecule has 1 saturated carbocycles. The van der Waals surface area contributed by atoms with E-state index in [0.717, 1.165) is 29.1 Å². The van der Waals surface area contributed by atoms with Gasteiger partial charge < -0.3 is 10.6 Å². The zero-order chi connectivity index (χ0) is 14.5. The summed E-state index contributed by atoms with van der Waals surface area (Å²) in [5.41, 5.74) is 1.13. The van der Waals surface area contributed by atoms with Crippen LogP contribution in [0.5, 0.6) is 0 Å². The third-order valence-electron chi connectivity index (χ3n) is 3.69. The molecule has 0 amide bonds. The molecule has 1 aliphatic rings. The van der Waals surface area contributed by atoms with Crippen molar-refractivity contribution in [1.82, 2.24) is 15.6 Å². The Kier molecular flexibility index (Phi) is 5.40. The standard InChI is InChI=1S/C15H26N4S/c1-5-7-12-8-13(12)19-15(16-6-2)17-9-14-18-10(3)11(4)20-14/h12-13H,5-9H2,1-4H3,(H2,16,17,19). The van der Waals surface area contributed by atoms with Crippen molar-refractivity contribution in [2.75, 3.05) is 6.54 Å². The molecule has 2 rings (SSSR count). The lowest BCUT2D eigenvalue weighted by molar-refractivity contribution is 0.655. The zero-order valence-electron chi connectivity index (χ0n) is 13.0. The molecule has 1 aliphatic carbocycles. The van der Waals surface area contributed by atoms with Crippen LogP contribution in [0.4, 0.5) is 0 Å². The van der Waals surface area contributed by atoms with Crippen molar-refractivity contribution in [2.45, 2.75) is 59.5 Å². The molecular formula is C15H26N4S. The fraction of sp³-hybridized carbons (Fsp3) is 0.733. The number of hydrogen-bond acceptors (Lipinski definition) is 3. The van der Waals surface area contributed by atoms with Crippen LogP contribution >= 0.6 is 11.3 Å². The molecule has 0 radical (unpaired) electrons. The first-order valence-corrected chi connectivity index (χ1v) is 8.43. The van der Waals surface area contributed by atoms with Crippen LogP contribution in [0.25, 0.3) is 0 Å². The molecular weight excluding hydrogens is 268 g/mol. The van der Waals surface area contributed by atoms with Gasteiger partial charge in [-0.3, -0.25) is 0 Å². The number of thiazole rings is 1. The van der Waals surface area contributed by atoms with Gasteiger partial charge in [-0.1, -0.05) is 13.3 Å². The third-order valence-corrected chi connectivity index (χ3v) is 4.75. The van der Waals surface area contributed by atoms with Crippen LogP contribution in [0, 0.1) is 19.8 Å². The van der Waals surface area contributed by atoms with Crippen LogP contribution in [0.3, 0.4) is 0 Å². The third kappa shape index (κ3) is 4.20. The summed E-state index contributed by atoms with van der Waals surface area (Å²) in [4.78, 5) is 10.5. The van der Waals surface area contributed by atoms with Gasteiger partial charge in [0.05, 0.1) is 12.2 Å². The molecule has 1 aromatic rings. The first-order valence-electron chi connectivity index (χ1n) is 7.61. The van der Waals surface area contributed by atoms with E-state index < -0.39 is 0 Å². The van der Waals surface area contributed by atoms with Crippen LogP contribution < -0.4 is 10.6 Å². The average molecular weight is 294 g/mol. The maximum absolute atomic E-state index is 4.66. The van der Waals surface area contributed by atoms with Crippen LogP contribution in [-0.2, 0) is 6.54 Å². The lowest BCUT2D eigenvalue weighted by atomic mass is 10.2. The summed E-state index contributed by atoms with van der Waals surface area (Å²) in [6, 6.07) is 0.618. The summed E-state index contributed by atoms with van der Waals surface area (Å²) >= 11 is 1.74. The molecule has 0 aliphatic heterocycles. The number of aromatic nitrogens is 1. The van der Waals surface area contributed by atoms with Gasteiger partial charge in [-0.15, -0.1) is 11.3 Å². The first-order chi connectivity index (χ1) is 9.63. The van der Waals surface area contributed by atoms with Crippen LogP contribution in [0.1, 0.15) is 48.7 Å². The molecule has 1 heterocycles. The maximum atomic E-state index is 4.66. The van der Waals surface area contributed by atoms with E-state index in [4.69, 9.17) is 0 Å². The fourth-order valence-electron chi connectivity index (χ4n) is 2.36. The van der Waals surface area contributed by atoms with E-state index in [-0.39, 0.29) is 0 Å². The highest BCUT2D eigenvalue weighted by molar-refractivity contribution is 7.11. The number of nitrogens with one attached hydrogen (secondary N) is 2. The van der Waals surface area contributed by atoms with Gasteiger partial charge in [-0.05, 0) is 39.5 Å². The van der Waals surface area contributed by atoms with E-state index in [2.05, 4.69) is 48.3 Å². The average Bonchev–Trinajstić information content (AvgIpc) is 3.05. The molecule has 20 heavy (non-hydrogen) atoms. The van der Waals surface area contributed by atoms with E-state index in [1.54, 1.807) is 11.3 Å². The molecule has 2 N–H and O–H groups in total. The Bertz CT molecular complexity index is 447. The number of guanidine groups is 1. The summed E-state index contributed by atoms with van der Waals surface area (Å²) < 4.78 is 0. The summed E-state index contributed by atoms with van der Waals surface area (Å²) in [5.74, 6) is 1.77. The first kappa shape index (κ1) is 15.3. The topological polar surface area (TPSA) is 49.3 Å². The number of aliphatic imine (C=N–C) groups is 1. The molecule has 2 atom stereocenters. The minimum absolute atomic E-state index is 0.618. The number of nitrogens with zero attached hydrogens (tertiary/aromatic N) is 2. The Labute approximate surface area is 126 Å². The van der Waals surface area contributed by atoms with Gasteiger partial charge in [-0.2, -0.15) is 0 Å². The Morgan fingerprint density at radius 3 is 2.80 bits per heavy atom. The van der Waals surface area contributed by atoms with Crippen LogP contribution in [-0.4, -0.2) is 23.5 Å². The predicted octanol–water partition coefficient (Wildman–Crippen LogP) is 3.00. The second-order valence-electron chi connectivity index (χ2n) is 5.48. The van der Waals surface area contributed by atoms with E-state index in [0.29, 0.717) is 12.6 Å². The van der Waals surface area contributed by atoms with Gasteiger partial charge in [0.15, 0.2) is 5.96 Å². The Morgan fingerprint density at radius 2 is 2.20 bits per heavy atom. The van der Waals surface area contributed by atoms with Crippen molar-refractivity contribution in [1.29, 1.82) is 0 Å². The van der Waals surface area contributed by atoms with Crippen LogP contribution in [0.15, 0.2) is 4.99 Å². The van der Waals surface area contributed by atoms with E-state index >= 15 is 0 Å². The Balaban J connectivity index is 1.89. The van der Waals surface area contributed by atoms with E-state index in [1.807, 2.05) is 0 Å². The van der Waals surface area contributed by atoms with Crippen molar-refractivity contribution >= 4 is 17.3 Å². The van der Waals surface area contributed by atoms with Gasteiger partial charge in [0.25, 0.3) is 0 Å². The number of rotatable bonds is 6. The minimum atomic E-state index is 0.618. The fourth-order valence-corrected chi connectivity index (χ4v) is 3.22. The smallest absolute Gasteiger partial charge is 0.191 e. The monoisotopic (exact) mass is 294 g/mol. The molecule has 1 aromatic heterocycles. The highest BCUT2D eigenvalue weighted by Gasteiger charge is 2.36. The molecule has 0 bridgehead atoms. The van der Waals surface area contributed by atoms with Gasteiger partial charge in [-0.25, -0.2) is 9.98 Å². The molecule has 5 heteroatoms. The van der Waals surface area contributed by atoms with Crippen LogP contribution in [0.2, 0.25) is 0 Å². The summed E-state index contributed by atoms with van der Waals surface area (Å²) in [6.07, 6.45) is 3.88. The molecule has 112 valence electrons. The highest BCUT2D eigenvalue weighted by atomic mass is 32.1. The summed E-state index contributed by atoms with van der Waals surface area (Å²) in [5, 5.41) is 7.95. The minimum Gasteiger partial charge on any atom is -0.357 e. The van der Waals surface area contributed by atoms with Crippen molar-refractivity contribution in [3.05, 3.63) is 15.6 Å². The summed E-state index contributed by atoms with van der Waals surface area (Å²) in [6.45, 7) is 10.1. The van der Waals surface area contributed by atoms with Gasteiger partial charge >= 0.3 is 0 Å². The quantitative estimate of drug-likeness (QED) is 0.626. The number of hydrogen-bond donors (Lipinski definition) is 2. The van der Waals surface area contributed by atoms with Crippen molar-refractivity contribution in [2.24, 2.45) is 10.9 Å². The lowest BCUT2D eigenvalue weighted by Gasteiger charge is -2.10. The molecule has 0 spiro atoms. The molecule has 2 unspecified atom stereocenters. The van der Waals surface area contributed by atoms with Crippen molar-refractivity contribution < 1.29 is 0 Å². The SMILES string of the molecule is CCCC1CC1NC(=NCc1nc(C)c(C)s1)NCC. The highest BCUT2D eigenvalue weighted by Crippen LogP contribution is 2.34. The Morgan fingerprint density at radius 1 is 1.40 bits per heavy atom. The largest absolute Gasteiger partial charge is 0.357 e. The molecule has 4 nitrogen and oxygen atoms in total. The molecule has 1 fully saturated rings. The Hall–Kier alpha value is -1.10. The second-order valence-corrected chi connectivity index (χ2v) is 6.77. The van der Waals surface area contributed by atoms with Gasteiger partial charge in [0.2, 0.25) is 0 Å². The maximum Gasteiger partial charge on any atom is 0.191 e.